The fourth-order valence-electron chi connectivity index (χ4n) is 2.25. The Morgan fingerprint density at radius 1 is 1.21 bits per heavy atom. The molecule has 2 rings (SSSR count). The Morgan fingerprint density at radius 3 is 2.47 bits per heavy atom. The van der Waals surface area contributed by atoms with E-state index in [1.807, 2.05) is 56.7 Å². The summed E-state index contributed by atoms with van der Waals surface area (Å²) in [6.45, 7) is 5.53. The molecular weight excluding hydrogens is 240 g/mol. The van der Waals surface area contributed by atoms with Crippen molar-refractivity contribution in [1.29, 1.82) is 0 Å². The van der Waals surface area contributed by atoms with Crippen molar-refractivity contribution >= 4 is 22.6 Å². The van der Waals surface area contributed by atoms with Crippen LogP contribution in [-0.4, -0.2) is 22.3 Å². The zero-order valence-corrected chi connectivity index (χ0v) is 11.7. The molecule has 0 aliphatic heterocycles. The highest BCUT2D eigenvalue weighted by Gasteiger charge is 2.24. The van der Waals surface area contributed by atoms with Crippen molar-refractivity contribution < 1.29 is 9.59 Å². The minimum absolute atomic E-state index is 0.0493. The summed E-state index contributed by atoms with van der Waals surface area (Å²) in [6.07, 6.45) is 0. The largest absolute Gasteiger partial charge is 0.347 e. The predicted molar refractivity (Wildman–Crippen MR) is 75.3 cm³/mol. The third kappa shape index (κ3) is 2.26. The molecule has 100 valence electrons. The van der Waals surface area contributed by atoms with E-state index in [0.29, 0.717) is 5.56 Å². The highest BCUT2D eigenvalue weighted by molar-refractivity contribution is 6.45. The second-order valence-electron chi connectivity index (χ2n) is 4.99. The molecule has 0 saturated carbocycles. The van der Waals surface area contributed by atoms with Crippen LogP contribution in [0.25, 0.3) is 10.9 Å². The van der Waals surface area contributed by atoms with Crippen LogP contribution < -0.4 is 5.32 Å². The average Bonchev–Trinajstić information content (AvgIpc) is 2.61. The average molecular weight is 258 g/mol. The van der Waals surface area contributed by atoms with Crippen molar-refractivity contribution in [2.24, 2.45) is 7.05 Å². The summed E-state index contributed by atoms with van der Waals surface area (Å²) in [5.41, 5.74) is 2.27. The van der Waals surface area contributed by atoms with Crippen LogP contribution in [0.3, 0.4) is 0 Å². The van der Waals surface area contributed by atoms with E-state index >= 15 is 0 Å². The van der Waals surface area contributed by atoms with Crippen LogP contribution in [0.15, 0.2) is 24.3 Å². The van der Waals surface area contributed by atoms with E-state index < -0.39 is 11.7 Å². The summed E-state index contributed by atoms with van der Waals surface area (Å²) >= 11 is 0. The molecule has 1 amide bonds. The van der Waals surface area contributed by atoms with E-state index in [0.717, 1.165) is 16.6 Å². The number of rotatable bonds is 3. The maximum absolute atomic E-state index is 12.3. The van der Waals surface area contributed by atoms with Gasteiger partial charge in [-0.25, -0.2) is 0 Å². The number of carbonyl (C=O) groups excluding carboxylic acids is 2. The number of fused-ring (bicyclic) bond motifs is 1. The van der Waals surface area contributed by atoms with Gasteiger partial charge in [0, 0.05) is 29.7 Å². The number of amides is 1. The van der Waals surface area contributed by atoms with Gasteiger partial charge in [-0.1, -0.05) is 18.2 Å². The van der Waals surface area contributed by atoms with Gasteiger partial charge >= 0.3 is 0 Å². The Hall–Kier alpha value is -2.10. The Balaban J connectivity index is 2.54. The van der Waals surface area contributed by atoms with Gasteiger partial charge in [0.05, 0.1) is 5.56 Å². The van der Waals surface area contributed by atoms with Crippen LogP contribution in [0, 0.1) is 6.92 Å². The van der Waals surface area contributed by atoms with Crippen molar-refractivity contribution in [2.75, 3.05) is 0 Å². The van der Waals surface area contributed by atoms with E-state index in [4.69, 9.17) is 0 Å². The van der Waals surface area contributed by atoms with Crippen molar-refractivity contribution in [3.63, 3.8) is 0 Å². The van der Waals surface area contributed by atoms with Gasteiger partial charge in [0.2, 0.25) is 0 Å². The Morgan fingerprint density at radius 2 is 1.84 bits per heavy atom. The molecule has 4 heteroatoms. The number of nitrogens with one attached hydrogen (secondary N) is 1. The maximum Gasteiger partial charge on any atom is 0.292 e. The number of nitrogens with zero attached hydrogens (tertiary/aromatic N) is 1. The summed E-state index contributed by atoms with van der Waals surface area (Å²) in [5.74, 6) is -1.02. The number of hydrogen-bond acceptors (Lipinski definition) is 2. The van der Waals surface area contributed by atoms with E-state index in [9.17, 15) is 9.59 Å². The summed E-state index contributed by atoms with van der Waals surface area (Å²) in [7, 11) is 1.90. The molecule has 1 aromatic heterocycles. The topological polar surface area (TPSA) is 51.1 Å². The van der Waals surface area contributed by atoms with Crippen molar-refractivity contribution in [3.8, 4) is 0 Å². The Kier molecular flexibility index (Phi) is 3.42. The molecule has 0 aliphatic rings. The molecule has 0 spiro atoms. The van der Waals surface area contributed by atoms with E-state index in [2.05, 4.69) is 5.32 Å². The molecule has 0 unspecified atom stereocenters. The lowest BCUT2D eigenvalue weighted by Gasteiger charge is -2.07. The van der Waals surface area contributed by atoms with Gasteiger partial charge < -0.3 is 9.88 Å². The van der Waals surface area contributed by atoms with Crippen molar-refractivity contribution in [2.45, 2.75) is 26.8 Å². The van der Waals surface area contributed by atoms with E-state index in [1.54, 1.807) is 0 Å². The lowest BCUT2D eigenvalue weighted by molar-refractivity contribution is -0.117. The SMILES string of the molecule is Cc1c(C(=O)C(=O)NC(C)C)c2ccccc2n1C. The Bertz CT molecular complexity index is 653. The van der Waals surface area contributed by atoms with Crippen molar-refractivity contribution in [3.05, 3.63) is 35.5 Å². The maximum atomic E-state index is 12.3. The first kappa shape index (κ1) is 13.3. The molecule has 0 atom stereocenters. The molecular formula is C15H18N2O2. The van der Waals surface area contributed by atoms with Crippen LogP contribution in [0.1, 0.15) is 29.9 Å². The lowest BCUT2D eigenvalue weighted by atomic mass is 10.1. The van der Waals surface area contributed by atoms with E-state index in [1.165, 1.54) is 0 Å². The van der Waals surface area contributed by atoms with Gasteiger partial charge in [0.25, 0.3) is 11.7 Å². The molecule has 0 bridgehead atoms. The van der Waals surface area contributed by atoms with Gasteiger partial charge in [-0.3, -0.25) is 9.59 Å². The summed E-state index contributed by atoms with van der Waals surface area (Å²) in [5, 5.41) is 3.47. The quantitative estimate of drug-likeness (QED) is 0.677. The molecule has 1 heterocycles. The number of aromatic nitrogens is 1. The van der Waals surface area contributed by atoms with Crippen LogP contribution in [-0.2, 0) is 11.8 Å². The molecule has 0 radical (unpaired) electrons. The minimum atomic E-state index is -0.547. The number of hydrogen-bond donors (Lipinski definition) is 1. The number of benzene rings is 1. The van der Waals surface area contributed by atoms with Crippen LogP contribution >= 0.6 is 0 Å². The number of Topliss-reactive ketones (excluding diaryl/α,β-unsaturated/α-hetero) is 1. The molecule has 4 nitrogen and oxygen atoms in total. The molecule has 0 fully saturated rings. The first-order chi connectivity index (χ1) is 8.93. The Labute approximate surface area is 112 Å². The molecule has 1 aromatic carbocycles. The molecule has 19 heavy (non-hydrogen) atoms. The second-order valence-corrected chi connectivity index (χ2v) is 4.99. The second kappa shape index (κ2) is 4.88. The van der Waals surface area contributed by atoms with Gasteiger partial charge in [-0.2, -0.15) is 0 Å². The minimum Gasteiger partial charge on any atom is -0.347 e. The summed E-state index contributed by atoms with van der Waals surface area (Å²) < 4.78 is 1.94. The molecule has 2 aromatic rings. The highest BCUT2D eigenvalue weighted by Crippen LogP contribution is 2.25. The fourth-order valence-corrected chi connectivity index (χ4v) is 2.25. The van der Waals surface area contributed by atoms with E-state index in [-0.39, 0.29) is 6.04 Å². The molecule has 0 aliphatic carbocycles. The summed E-state index contributed by atoms with van der Waals surface area (Å²) in [4.78, 5) is 24.2. The number of para-hydroxylation sites is 1. The first-order valence-electron chi connectivity index (χ1n) is 6.32. The predicted octanol–water partition coefficient (Wildman–Crippen LogP) is 2.19. The smallest absolute Gasteiger partial charge is 0.292 e. The van der Waals surface area contributed by atoms with Gasteiger partial charge in [-0.05, 0) is 26.8 Å². The third-order valence-corrected chi connectivity index (χ3v) is 3.25. The molecule has 1 N–H and O–H groups in total. The zero-order valence-electron chi connectivity index (χ0n) is 11.7. The monoisotopic (exact) mass is 258 g/mol. The van der Waals surface area contributed by atoms with Crippen LogP contribution in [0.4, 0.5) is 0 Å². The van der Waals surface area contributed by atoms with Gasteiger partial charge in [-0.15, -0.1) is 0 Å². The van der Waals surface area contributed by atoms with Gasteiger partial charge in [0.1, 0.15) is 0 Å². The van der Waals surface area contributed by atoms with Crippen molar-refractivity contribution in [1.82, 2.24) is 9.88 Å². The summed E-state index contributed by atoms with van der Waals surface area (Å²) in [6, 6.07) is 7.56. The number of ketones is 1. The highest BCUT2D eigenvalue weighted by atomic mass is 16.2. The fraction of sp³-hybridized carbons (Fsp3) is 0.333. The van der Waals surface area contributed by atoms with Crippen LogP contribution in [0.2, 0.25) is 0 Å². The molecule has 0 saturated heterocycles. The zero-order chi connectivity index (χ0) is 14.2. The standard InChI is InChI=1S/C15H18N2O2/c1-9(2)16-15(19)14(18)13-10(3)17(4)12-8-6-5-7-11(12)13/h5-9H,1-4H3,(H,16,19). The first-order valence-corrected chi connectivity index (χ1v) is 6.32. The third-order valence-electron chi connectivity index (χ3n) is 3.25. The normalized spacial score (nSPS) is 11.0. The number of carbonyl (C=O) groups is 2. The van der Waals surface area contributed by atoms with Crippen LogP contribution in [0.5, 0.6) is 0 Å². The van der Waals surface area contributed by atoms with Gasteiger partial charge in [0.15, 0.2) is 0 Å². The lowest BCUT2D eigenvalue weighted by Crippen LogP contribution is -2.36. The number of aryl methyl sites for hydroxylation is 1.